The number of fused-ring (bicyclic) bond motifs is 6. The van der Waals surface area contributed by atoms with Crippen LogP contribution in [0.1, 0.15) is 83.8 Å². The maximum Gasteiger partial charge on any atom is 0.295 e. The molecule has 0 spiro atoms. The van der Waals surface area contributed by atoms with Crippen LogP contribution in [-0.4, -0.2) is 88.2 Å². The lowest BCUT2D eigenvalue weighted by molar-refractivity contribution is -0.401. The third kappa shape index (κ3) is 9.71. The Labute approximate surface area is 396 Å². The Bertz CT molecular complexity index is 3500. The Hall–Kier alpha value is -5.50. The van der Waals surface area contributed by atoms with E-state index in [-0.39, 0.29) is 40.4 Å². The minimum Gasteiger partial charge on any atom is -0.345 e. The Balaban J connectivity index is 1.26. The molecule has 3 aliphatic rings. The van der Waals surface area contributed by atoms with Gasteiger partial charge in [0, 0.05) is 58.2 Å². The number of nitrogens with zero attached hydrogens (tertiary/aromatic N) is 2. The molecule has 5 N–H and O–H groups in total. The zero-order valence-electron chi connectivity index (χ0n) is 37.9. The molecule has 20 heteroatoms. The second kappa shape index (κ2) is 18.1. The van der Waals surface area contributed by atoms with Crippen LogP contribution >= 0.6 is 0 Å². The van der Waals surface area contributed by atoms with Crippen molar-refractivity contribution in [3.05, 3.63) is 107 Å². The number of terminal acetylenes is 1. The van der Waals surface area contributed by atoms with E-state index in [1.807, 2.05) is 63.6 Å². The number of benzene rings is 4. The Kier molecular flexibility index (Phi) is 13.4. The van der Waals surface area contributed by atoms with Crippen LogP contribution < -0.4 is 10.2 Å². The van der Waals surface area contributed by atoms with Gasteiger partial charge in [0.05, 0.1) is 21.8 Å². The van der Waals surface area contributed by atoms with Crippen molar-refractivity contribution < 1.29 is 61.3 Å². The van der Waals surface area contributed by atoms with Gasteiger partial charge >= 0.3 is 0 Å². The minimum atomic E-state index is -4.94. The Morgan fingerprint density at radius 3 is 1.90 bits per heavy atom. The van der Waals surface area contributed by atoms with Crippen molar-refractivity contribution in [2.75, 3.05) is 25.0 Å². The molecule has 16 nitrogen and oxygen atoms in total. The maximum atomic E-state index is 12.6. The van der Waals surface area contributed by atoms with Crippen molar-refractivity contribution in [3.8, 4) is 12.3 Å². The lowest BCUT2D eigenvalue weighted by atomic mass is 9.78. The van der Waals surface area contributed by atoms with Gasteiger partial charge in [-0.25, -0.2) is 0 Å². The smallest absolute Gasteiger partial charge is 0.295 e. The summed E-state index contributed by atoms with van der Waals surface area (Å²) in [6.07, 6.45) is 19.8. The molecule has 4 aromatic rings. The maximum absolute atomic E-state index is 12.6. The molecule has 0 radical (unpaired) electrons. The molecule has 0 atom stereocenters. The van der Waals surface area contributed by atoms with E-state index in [0.717, 1.165) is 54.0 Å². The van der Waals surface area contributed by atoms with Gasteiger partial charge in [0.25, 0.3) is 40.5 Å². The molecule has 0 bridgehead atoms. The Morgan fingerprint density at radius 2 is 1.32 bits per heavy atom. The average Bonchev–Trinajstić information content (AvgIpc) is 3.58. The number of hydrogen-bond donors (Lipinski definition) is 5. The summed E-state index contributed by atoms with van der Waals surface area (Å²) in [4.78, 5) is 11.6. The number of carbonyl (C=O) groups is 1. The molecule has 7 rings (SSSR count). The number of rotatable bonds is 14. The molecule has 4 aromatic carbocycles. The summed E-state index contributed by atoms with van der Waals surface area (Å²) < 4.78 is 142. The summed E-state index contributed by atoms with van der Waals surface area (Å²) in [6, 6.07) is 10.3. The van der Waals surface area contributed by atoms with Gasteiger partial charge in [-0.1, -0.05) is 50.5 Å². The zero-order valence-corrected chi connectivity index (χ0v) is 41.2. The normalized spacial score (nSPS) is 18.4. The van der Waals surface area contributed by atoms with Crippen molar-refractivity contribution in [1.82, 2.24) is 5.32 Å². The lowest BCUT2D eigenvalue weighted by Gasteiger charge is -2.27. The highest BCUT2D eigenvalue weighted by atomic mass is 32.2. The molecule has 0 fully saturated rings. The highest BCUT2D eigenvalue weighted by Crippen LogP contribution is 2.52. The molecule has 0 aromatic heterocycles. The predicted molar refractivity (Wildman–Crippen MR) is 259 cm³/mol. The average molecular weight is 1010 g/mol. The van der Waals surface area contributed by atoms with E-state index in [2.05, 4.69) is 22.2 Å². The van der Waals surface area contributed by atoms with Gasteiger partial charge in [0.1, 0.15) is 16.8 Å². The van der Waals surface area contributed by atoms with Crippen LogP contribution in [0, 0.1) is 12.3 Å². The van der Waals surface area contributed by atoms with Crippen LogP contribution in [0.25, 0.3) is 21.5 Å². The number of anilines is 1. The fourth-order valence-electron chi connectivity index (χ4n) is 9.89. The molecule has 360 valence electrons. The SMILES string of the molecule is C#CCNC(=O)CCCCCN1/C(=C\C=C2C=C(/C=C/C3=[N+](C)c4ccc5c(S(=O)(=O)O)cc(S(=O)(=O)O)cc5c4C3(C)C)CCC/2)C(C)(C)c2c1ccc1c(S(=O)(=O)O)cc(S(=O)(=O)O)cc21. The second-order valence-electron chi connectivity index (χ2n) is 18.2. The molecule has 0 unspecified atom stereocenters. The number of carbonyl (C=O) groups excluding carboxylic acids is 1. The highest BCUT2D eigenvalue weighted by molar-refractivity contribution is 7.87. The van der Waals surface area contributed by atoms with Crippen molar-refractivity contribution in [3.63, 3.8) is 0 Å². The van der Waals surface area contributed by atoms with Crippen LogP contribution in [0.5, 0.6) is 0 Å². The van der Waals surface area contributed by atoms with E-state index in [1.54, 1.807) is 12.1 Å². The topological polar surface area (TPSA) is 253 Å². The van der Waals surface area contributed by atoms with E-state index in [4.69, 9.17) is 6.42 Å². The van der Waals surface area contributed by atoms with Crippen molar-refractivity contribution in [1.29, 1.82) is 0 Å². The van der Waals surface area contributed by atoms with Crippen molar-refractivity contribution >= 4 is 85.0 Å². The van der Waals surface area contributed by atoms with Crippen LogP contribution in [-0.2, 0) is 56.1 Å². The zero-order chi connectivity index (χ0) is 49.9. The first-order valence-corrected chi connectivity index (χ1v) is 27.3. The van der Waals surface area contributed by atoms with Gasteiger partial charge in [-0.2, -0.15) is 38.2 Å². The number of nitrogens with one attached hydrogen (secondary N) is 1. The summed E-state index contributed by atoms with van der Waals surface area (Å²) in [5.74, 6) is 2.22. The van der Waals surface area contributed by atoms with Gasteiger partial charge < -0.3 is 10.2 Å². The number of allylic oxidation sites excluding steroid dienone is 8. The molecule has 2 heterocycles. The predicted octanol–water partition coefficient (Wildman–Crippen LogP) is 7.57. The molecule has 2 aliphatic heterocycles. The quantitative estimate of drug-likeness (QED) is 0.0354. The second-order valence-corrected chi connectivity index (χ2v) is 23.8. The first kappa shape index (κ1) is 50.4. The van der Waals surface area contributed by atoms with E-state index in [1.165, 1.54) is 24.3 Å². The molecule has 1 aliphatic carbocycles. The van der Waals surface area contributed by atoms with Crippen LogP contribution in [0.4, 0.5) is 11.4 Å². The van der Waals surface area contributed by atoms with E-state index >= 15 is 0 Å². The monoisotopic (exact) mass is 1010 g/mol. The number of amides is 1. The number of hydrogen-bond acceptors (Lipinski definition) is 10. The van der Waals surface area contributed by atoms with E-state index < -0.39 is 70.9 Å². The molecule has 0 saturated heterocycles. The summed E-state index contributed by atoms with van der Waals surface area (Å²) >= 11 is 0. The van der Waals surface area contributed by atoms with Crippen LogP contribution in [0.3, 0.4) is 0 Å². The van der Waals surface area contributed by atoms with Crippen molar-refractivity contribution in [2.24, 2.45) is 0 Å². The van der Waals surface area contributed by atoms with Crippen LogP contribution in [0.15, 0.2) is 115 Å². The standard InChI is InChI=1S/C48H51N3O13S4/c1-7-23-49-44(52)14-9-8-10-24-51-39-20-18-35-37(27-33(66(56,57)58)29-41(35)68(62,63)64)46(39)48(4,5)43(51)22-16-31-13-11-12-30(25-31)15-21-42-47(2,3)45-36-26-32(65(53,54)55)28-40(67(59,60)61)34(36)17-19-38(45)50(42)6/h1,15-22,25-29H,8-14,23-24H2,2-6H3,(H4-,49,52,53,54,55,56,57,58,59,60,61,62,63,64)/p+1. The molecule has 68 heavy (non-hydrogen) atoms. The Morgan fingerprint density at radius 1 is 0.735 bits per heavy atom. The number of unbranched alkanes of at least 4 members (excludes halogenated alkanes) is 2. The first-order valence-electron chi connectivity index (χ1n) is 21.6. The molecular weight excluding hydrogens is 955 g/mol. The van der Waals surface area contributed by atoms with Gasteiger partial charge in [-0.05, 0) is 116 Å². The van der Waals surface area contributed by atoms with Gasteiger partial charge in [-0.3, -0.25) is 23.0 Å². The van der Waals surface area contributed by atoms with E-state index in [0.29, 0.717) is 48.3 Å². The minimum absolute atomic E-state index is 0.0758. The molecule has 1 amide bonds. The summed E-state index contributed by atoms with van der Waals surface area (Å²) in [7, 11) is -17.8. The van der Waals surface area contributed by atoms with Gasteiger partial charge in [0.2, 0.25) is 11.6 Å². The van der Waals surface area contributed by atoms with Gasteiger partial charge in [-0.15, -0.1) is 6.42 Å². The van der Waals surface area contributed by atoms with Gasteiger partial charge in [0.15, 0.2) is 5.71 Å². The lowest BCUT2D eigenvalue weighted by Crippen LogP contribution is -2.27. The summed E-state index contributed by atoms with van der Waals surface area (Å²) in [5.41, 5.74) is 4.45. The summed E-state index contributed by atoms with van der Waals surface area (Å²) in [5, 5.41) is 3.29. The molecule has 0 saturated carbocycles. The third-order valence-electron chi connectivity index (χ3n) is 13.0. The fourth-order valence-corrected chi connectivity index (χ4v) is 12.6. The van der Waals surface area contributed by atoms with Crippen LogP contribution in [0.2, 0.25) is 0 Å². The highest BCUT2D eigenvalue weighted by Gasteiger charge is 2.45. The fraction of sp³-hybridized carbons (Fsp3) is 0.333. The third-order valence-corrected chi connectivity index (χ3v) is 16.4. The molecular formula is C48H52N3O13S4+. The largest absolute Gasteiger partial charge is 0.345 e. The summed E-state index contributed by atoms with van der Waals surface area (Å²) in [6.45, 7) is 8.29. The van der Waals surface area contributed by atoms with Crippen molar-refractivity contribution in [2.45, 2.75) is 103 Å². The first-order chi connectivity index (χ1) is 31.6. The van der Waals surface area contributed by atoms with E-state index in [9.17, 15) is 56.7 Å².